The van der Waals surface area contributed by atoms with E-state index in [-0.39, 0.29) is 22.2 Å². The summed E-state index contributed by atoms with van der Waals surface area (Å²) in [5.74, 6) is 0.918. The first-order valence-electron chi connectivity index (χ1n) is 7.51. The fraction of sp³-hybridized carbons (Fsp3) is 0.533. The van der Waals surface area contributed by atoms with Gasteiger partial charge in [-0.25, -0.2) is 0 Å². The van der Waals surface area contributed by atoms with Crippen LogP contribution in [-0.2, 0) is 0 Å². The number of benzene rings is 1. The minimum Gasteiger partial charge on any atom is -0.338 e. The maximum Gasteiger partial charge on any atom is 0.300 e. The largest absolute Gasteiger partial charge is 0.338 e. The highest BCUT2D eigenvalue weighted by atomic mass is 35.5. The third kappa shape index (κ3) is 2.80. The van der Waals surface area contributed by atoms with Crippen molar-refractivity contribution in [2.45, 2.75) is 12.8 Å². The molecule has 0 radical (unpaired) electrons. The topological polar surface area (TPSA) is 75.5 Å². The molecule has 0 saturated carbocycles. The molecule has 1 aromatic carbocycles. The number of hydrogen-bond acceptors (Lipinski definition) is 4. The van der Waals surface area contributed by atoms with Gasteiger partial charge in [-0.15, -0.1) is 0 Å². The summed E-state index contributed by atoms with van der Waals surface area (Å²) in [4.78, 5) is 25.1. The zero-order valence-corrected chi connectivity index (χ0v) is 12.9. The van der Waals surface area contributed by atoms with Crippen molar-refractivity contribution in [2.24, 2.45) is 11.8 Å². The van der Waals surface area contributed by atoms with Gasteiger partial charge in [0.05, 0.1) is 4.92 Å². The van der Waals surface area contributed by atoms with Gasteiger partial charge in [0.1, 0.15) is 10.6 Å². The second kappa shape index (κ2) is 6.22. The molecule has 0 spiro atoms. The van der Waals surface area contributed by atoms with Gasteiger partial charge in [0, 0.05) is 13.1 Å². The molecule has 0 aromatic heterocycles. The summed E-state index contributed by atoms with van der Waals surface area (Å²) in [5.41, 5.74) is -0.206. The van der Waals surface area contributed by atoms with E-state index in [1.165, 1.54) is 12.1 Å². The van der Waals surface area contributed by atoms with Gasteiger partial charge < -0.3 is 10.2 Å². The van der Waals surface area contributed by atoms with E-state index < -0.39 is 4.92 Å². The van der Waals surface area contributed by atoms with Crippen LogP contribution in [0, 0.1) is 22.0 Å². The molecule has 7 heteroatoms. The van der Waals surface area contributed by atoms with Crippen molar-refractivity contribution in [3.8, 4) is 0 Å². The van der Waals surface area contributed by atoms with Crippen molar-refractivity contribution < 1.29 is 9.72 Å². The number of nitro benzene ring substituents is 1. The van der Waals surface area contributed by atoms with Crippen LogP contribution < -0.4 is 5.32 Å². The molecule has 2 aliphatic rings. The molecule has 1 N–H and O–H groups in total. The fourth-order valence-corrected chi connectivity index (χ4v) is 3.71. The Balaban J connectivity index is 1.82. The highest BCUT2D eigenvalue weighted by Gasteiger charge is 2.33. The number of nitrogens with zero attached hydrogens (tertiary/aromatic N) is 2. The molecular formula is C15H18ClN3O3. The second-order valence-corrected chi connectivity index (χ2v) is 6.35. The maximum absolute atomic E-state index is 12.7. The molecule has 2 saturated heterocycles. The smallest absolute Gasteiger partial charge is 0.300 e. The Kier molecular flexibility index (Phi) is 4.31. The average Bonchev–Trinajstić information content (AvgIpc) is 2.84. The van der Waals surface area contributed by atoms with Crippen LogP contribution in [0.2, 0.25) is 5.02 Å². The average molecular weight is 324 g/mol. The number of rotatable bonds is 2. The molecule has 2 fully saturated rings. The van der Waals surface area contributed by atoms with Crippen molar-refractivity contribution in [3.05, 3.63) is 38.9 Å². The summed E-state index contributed by atoms with van der Waals surface area (Å²) in [6.45, 7) is 3.30. The number of nitro groups is 1. The van der Waals surface area contributed by atoms with Crippen LogP contribution in [0.3, 0.4) is 0 Å². The van der Waals surface area contributed by atoms with Crippen LogP contribution >= 0.6 is 11.6 Å². The fourth-order valence-electron chi connectivity index (χ4n) is 3.47. The highest BCUT2D eigenvalue weighted by molar-refractivity contribution is 6.33. The first-order valence-corrected chi connectivity index (χ1v) is 7.88. The number of carbonyl (C=O) groups is 1. The highest BCUT2D eigenvalue weighted by Crippen LogP contribution is 2.31. The molecule has 118 valence electrons. The normalized spacial score (nSPS) is 24.7. The molecule has 22 heavy (non-hydrogen) atoms. The quantitative estimate of drug-likeness (QED) is 0.669. The van der Waals surface area contributed by atoms with E-state index >= 15 is 0 Å². The predicted molar refractivity (Wildman–Crippen MR) is 83.1 cm³/mol. The van der Waals surface area contributed by atoms with Crippen molar-refractivity contribution in [1.82, 2.24) is 10.2 Å². The van der Waals surface area contributed by atoms with E-state index in [1.807, 2.05) is 0 Å². The van der Waals surface area contributed by atoms with Gasteiger partial charge in [0.2, 0.25) is 0 Å². The van der Waals surface area contributed by atoms with E-state index in [4.69, 9.17) is 11.6 Å². The lowest BCUT2D eigenvalue weighted by Crippen LogP contribution is -2.33. The Morgan fingerprint density at radius 1 is 1.27 bits per heavy atom. The number of likely N-dealkylation sites (tertiary alicyclic amines) is 1. The number of hydrogen-bond donors (Lipinski definition) is 1. The number of halogens is 1. The first kappa shape index (κ1) is 15.2. The monoisotopic (exact) mass is 323 g/mol. The maximum atomic E-state index is 12.7. The molecule has 0 unspecified atom stereocenters. The summed E-state index contributed by atoms with van der Waals surface area (Å²) in [5, 5.41) is 14.6. The van der Waals surface area contributed by atoms with Crippen LogP contribution in [0.5, 0.6) is 0 Å². The zero-order chi connectivity index (χ0) is 15.7. The van der Waals surface area contributed by atoms with Gasteiger partial charge in [-0.2, -0.15) is 0 Å². The van der Waals surface area contributed by atoms with Crippen LogP contribution in [0.15, 0.2) is 18.2 Å². The molecule has 0 bridgehead atoms. The van der Waals surface area contributed by atoms with Crippen LogP contribution in [0.4, 0.5) is 5.69 Å². The van der Waals surface area contributed by atoms with Crippen molar-refractivity contribution >= 4 is 23.2 Å². The van der Waals surface area contributed by atoms with Crippen LogP contribution in [0.1, 0.15) is 23.2 Å². The van der Waals surface area contributed by atoms with Crippen molar-refractivity contribution in [1.29, 1.82) is 0 Å². The van der Waals surface area contributed by atoms with Gasteiger partial charge in [-0.05, 0) is 49.9 Å². The molecule has 1 aromatic rings. The molecule has 1 amide bonds. The van der Waals surface area contributed by atoms with E-state index in [9.17, 15) is 14.9 Å². The number of fused-ring (bicyclic) bond motifs is 1. The van der Waals surface area contributed by atoms with Gasteiger partial charge in [0.25, 0.3) is 5.91 Å². The molecule has 3 rings (SSSR count). The Hall–Kier alpha value is -1.66. The second-order valence-electron chi connectivity index (χ2n) is 5.94. The number of amides is 1. The zero-order valence-electron chi connectivity index (χ0n) is 12.1. The third-order valence-corrected chi connectivity index (χ3v) is 5.01. The number of carbonyl (C=O) groups excluding carboxylic acids is 1. The Morgan fingerprint density at radius 2 is 1.91 bits per heavy atom. The lowest BCUT2D eigenvalue weighted by molar-refractivity contribution is -0.385. The lowest BCUT2D eigenvalue weighted by atomic mass is 9.92. The van der Waals surface area contributed by atoms with E-state index in [1.54, 1.807) is 11.0 Å². The molecule has 2 heterocycles. The van der Waals surface area contributed by atoms with Crippen LogP contribution in [0.25, 0.3) is 0 Å². The van der Waals surface area contributed by atoms with E-state index in [2.05, 4.69) is 5.32 Å². The lowest BCUT2D eigenvalue weighted by Gasteiger charge is -2.21. The Labute approximate surface area is 133 Å². The molecule has 6 nitrogen and oxygen atoms in total. The predicted octanol–water partition coefficient (Wildman–Crippen LogP) is 2.32. The van der Waals surface area contributed by atoms with Crippen molar-refractivity contribution in [3.63, 3.8) is 0 Å². The van der Waals surface area contributed by atoms with Crippen LogP contribution in [-0.4, -0.2) is 41.9 Å². The van der Waals surface area contributed by atoms with Gasteiger partial charge >= 0.3 is 5.69 Å². The number of para-hydroxylation sites is 1. The molecule has 0 aliphatic carbocycles. The van der Waals surface area contributed by atoms with E-state index in [0.717, 1.165) is 25.9 Å². The summed E-state index contributed by atoms with van der Waals surface area (Å²) in [6.07, 6.45) is 1.88. The molecule has 2 atom stereocenters. The summed E-state index contributed by atoms with van der Waals surface area (Å²) < 4.78 is 0. The van der Waals surface area contributed by atoms with Gasteiger partial charge in [0.15, 0.2) is 0 Å². The van der Waals surface area contributed by atoms with Crippen molar-refractivity contribution in [2.75, 3.05) is 26.2 Å². The standard InChI is InChI=1S/C15H18ClN3O3/c16-13-3-1-2-12(14(13)19(21)22)15(20)18-6-4-10-8-17-9-11(10)5-7-18/h1-3,10-11,17H,4-9H2/t10-,11+. The van der Waals surface area contributed by atoms with E-state index in [0.29, 0.717) is 24.9 Å². The Morgan fingerprint density at radius 3 is 2.50 bits per heavy atom. The van der Waals surface area contributed by atoms with Gasteiger partial charge in [-0.1, -0.05) is 17.7 Å². The first-order chi connectivity index (χ1) is 10.6. The summed E-state index contributed by atoms with van der Waals surface area (Å²) >= 11 is 5.90. The molecular weight excluding hydrogens is 306 g/mol. The summed E-state index contributed by atoms with van der Waals surface area (Å²) in [6, 6.07) is 4.51. The molecule has 2 aliphatic heterocycles. The van der Waals surface area contributed by atoms with Gasteiger partial charge in [-0.3, -0.25) is 14.9 Å². The minimum absolute atomic E-state index is 0.00624. The minimum atomic E-state index is -0.577. The summed E-state index contributed by atoms with van der Waals surface area (Å²) in [7, 11) is 0. The number of nitrogens with one attached hydrogen (secondary N) is 1. The third-order valence-electron chi connectivity index (χ3n) is 4.71. The Bertz CT molecular complexity index is 594. The SMILES string of the molecule is O=C(c1cccc(Cl)c1[N+](=O)[O-])N1CC[C@@H]2CNC[C@@H]2CC1.